The molecule has 0 saturated carbocycles. The van der Waals surface area contributed by atoms with Gasteiger partial charge in [0.25, 0.3) is 5.69 Å². The quantitative estimate of drug-likeness (QED) is 0.682. The van der Waals surface area contributed by atoms with Crippen LogP contribution in [-0.2, 0) is 13.6 Å². The summed E-state index contributed by atoms with van der Waals surface area (Å²) < 4.78 is 1.67. The van der Waals surface area contributed by atoms with Gasteiger partial charge in [-0.25, -0.2) is 0 Å². The van der Waals surface area contributed by atoms with Crippen molar-refractivity contribution in [2.75, 3.05) is 5.32 Å². The topological polar surface area (TPSA) is 73.0 Å². The molecule has 1 aromatic heterocycles. The van der Waals surface area contributed by atoms with Crippen molar-refractivity contribution >= 4 is 23.0 Å². The number of nitrogens with zero attached hydrogens (tertiary/aromatic N) is 3. The minimum Gasteiger partial charge on any atom is -0.374 e. The highest BCUT2D eigenvalue weighted by atomic mass is 35.5. The smallest absolute Gasteiger partial charge is 0.293 e. The number of nitro groups is 1. The molecular formula is C11H11ClN4O2. The first-order valence-corrected chi connectivity index (χ1v) is 5.60. The van der Waals surface area contributed by atoms with Crippen LogP contribution in [0.15, 0.2) is 30.5 Å². The SMILES string of the molecule is Cn1ccc(CNc2ccc(Cl)cc2[N+](=O)[O-])n1. The first-order chi connectivity index (χ1) is 8.56. The van der Waals surface area contributed by atoms with E-state index in [9.17, 15) is 10.1 Å². The van der Waals surface area contributed by atoms with Crippen molar-refractivity contribution in [3.63, 3.8) is 0 Å². The molecule has 0 amide bonds. The van der Waals surface area contributed by atoms with E-state index in [0.29, 0.717) is 17.3 Å². The maximum atomic E-state index is 10.9. The molecular weight excluding hydrogens is 256 g/mol. The Morgan fingerprint density at radius 2 is 2.28 bits per heavy atom. The molecule has 1 aromatic carbocycles. The number of aryl methyl sites for hydroxylation is 1. The maximum absolute atomic E-state index is 10.9. The van der Waals surface area contributed by atoms with E-state index >= 15 is 0 Å². The van der Waals surface area contributed by atoms with E-state index in [0.717, 1.165) is 5.69 Å². The van der Waals surface area contributed by atoms with Gasteiger partial charge in [0.15, 0.2) is 0 Å². The van der Waals surface area contributed by atoms with Gasteiger partial charge in [0.1, 0.15) is 5.69 Å². The predicted molar refractivity (Wildman–Crippen MR) is 68.6 cm³/mol. The Labute approximate surface area is 108 Å². The van der Waals surface area contributed by atoms with Crippen LogP contribution >= 0.6 is 11.6 Å². The zero-order valence-corrected chi connectivity index (χ0v) is 10.4. The molecule has 0 radical (unpaired) electrons. The van der Waals surface area contributed by atoms with E-state index in [1.165, 1.54) is 6.07 Å². The van der Waals surface area contributed by atoms with Gasteiger partial charge in [-0.15, -0.1) is 0 Å². The number of rotatable bonds is 4. The van der Waals surface area contributed by atoms with Crippen molar-refractivity contribution in [2.45, 2.75) is 6.54 Å². The highest BCUT2D eigenvalue weighted by Gasteiger charge is 2.14. The standard InChI is InChI=1S/C11H11ClN4O2/c1-15-5-4-9(14-15)7-13-10-3-2-8(12)6-11(10)16(17)18/h2-6,13H,7H2,1H3. The zero-order valence-electron chi connectivity index (χ0n) is 9.63. The van der Waals surface area contributed by atoms with Crippen LogP contribution < -0.4 is 5.32 Å². The number of nitrogens with one attached hydrogen (secondary N) is 1. The lowest BCUT2D eigenvalue weighted by Gasteiger charge is -2.05. The van der Waals surface area contributed by atoms with Crippen molar-refractivity contribution in [1.82, 2.24) is 9.78 Å². The summed E-state index contributed by atoms with van der Waals surface area (Å²) in [5, 5.41) is 18.4. The van der Waals surface area contributed by atoms with E-state index < -0.39 is 4.92 Å². The van der Waals surface area contributed by atoms with Crippen molar-refractivity contribution in [1.29, 1.82) is 0 Å². The van der Waals surface area contributed by atoms with Crippen molar-refractivity contribution in [2.24, 2.45) is 7.05 Å². The lowest BCUT2D eigenvalue weighted by Crippen LogP contribution is -2.03. The van der Waals surface area contributed by atoms with Gasteiger partial charge in [0, 0.05) is 24.3 Å². The molecule has 2 aromatic rings. The van der Waals surface area contributed by atoms with Crippen LogP contribution in [0.1, 0.15) is 5.69 Å². The fourth-order valence-electron chi connectivity index (χ4n) is 1.55. The summed E-state index contributed by atoms with van der Waals surface area (Å²) >= 11 is 5.73. The van der Waals surface area contributed by atoms with Crippen LogP contribution in [0.3, 0.4) is 0 Å². The van der Waals surface area contributed by atoms with Gasteiger partial charge in [0.2, 0.25) is 0 Å². The van der Waals surface area contributed by atoms with Gasteiger partial charge < -0.3 is 5.32 Å². The van der Waals surface area contributed by atoms with E-state index in [1.807, 2.05) is 19.3 Å². The van der Waals surface area contributed by atoms with Crippen LogP contribution in [0.25, 0.3) is 0 Å². The average Bonchev–Trinajstić information content (AvgIpc) is 2.73. The third-order valence-electron chi connectivity index (χ3n) is 2.39. The second kappa shape index (κ2) is 5.05. The number of hydrogen-bond donors (Lipinski definition) is 1. The summed E-state index contributed by atoms with van der Waals surface area (Å²) in [7, 11) is 1.81. The number of halogens is 1. The molecule has 0 spiro atoms. The summed E-state index contributed by atoms with van der Waals surface area (Å²) in [5.74, 6) is 0. The summed E-state index contributed by atoms with van der Waals surface area (Å²) in [6.45, 7) is 0.420. The Balaban J connectivity index is 2.16. The fraction of sp³-hybridized carbons (Fsp3) is 0.182. The first kappa shape index (κ1) is 12.4. The summed E-state index contributed by atoms with van der Waals surface area (Å²) in [6.07, 6.45) is 1.81. The Morgan fingerprint density at radius 1 is 1.50 bits per heavy atom. The molecule has 0 bridgehead atoms. The molecule has 18 heavy (non-hydrogen) atoms. The van der Waals surface area contributed by atoms with Crippen molar-refractivity contribution in [3.05, 3.63) is 51.3 Å². The third kappa shape index (κ3) is 2.78. The molecule has 0 fully saturated rings. The molecule has 0 aliphatic rings. The lowest BCUT2D eigenvalue weighted by molar-refractivity contribution is -0.383. The van der Waals surface area contributed by atoms with E-state index in [4.69, 9.17) is 11.6 Å². The number of benzene rings is 1. The molecule has 1 N–H and O–H groups in total. The second-order valence-corrected chi connectivity index (χ2v) is 4.19. The number of nitro benzene ring substituents is 1. The van der Waals surface area contributed by atoms with Crippen LogP contribution in [-0.4, -0.2) is 14.7 Å². The summed E-state index contributed by atoms with van der Waals surface area (Å²) in [4.78, 5) is 10.4. The molecule has 94 valence electrons. The largest absolute Gasteiger partial charge is 0.374 e. The number of anilines is 1. The highest BCUT2D eigenvalue weighted by Crippen LogP contribution is 2.27. The zero-order chi connectivity index (χ0) is 13.1. The van der Waals surface area contributed by atoms with Gasteiger partial charge in [0.05, 0.1) is 17.2 Å². The second-order valence-electron chi connectivity index (χ2n) is 3.75. The van der Waals surface area contributed by atoms with Gasteiger partial charge in [-0.05, 0) is 18.2 Å². The first-order valence-electron chi connectivity index (χ1n) is 5.22. The Hall–Kier alpha value is -2.08. The monoisotopic (exact) mass is 266 g/mol. The predicted octanol–water partition coefficient (Wildman–Crippen LogP) is 2.59. The molecule has 6 nitrogen and oxygen atoms in total. The highest BCUT2D eigenvalue weighted by molar-refractivity contribution is 6.30. The summed E-state index contributed by atoms with van der Waals surface area (Å²) in [5.41, 5.74) is 1.19. The fourth-order valence-corrected chi connectivity index (χ4v) is 1.71. The van der Waals surface area contributed by atoms with Crippen molar-refractivity contribution in [3.8, 4) is 0 Å². The maximum Gasteiger partial charge on any atom is 0.293 e. The molecule has 0 aliphatic carbocycles. The number of hydrogen-bond acceptors (Lipinski definition) is 4. The van der Waals surface area contributed by atoms with Crippen LogP contribution in [0.5, 0.6) is 0 Å². The minimum atomic E-state index is -0.466. The van der Waals surface area contributed by atoms with E-state index in [-0.39, 0.29) is 5.69 Å². The van der Waals surface area contributed by atoms with Gasteiger partial charge in [-0.3, -0.25) is 14.8 Å². The Kier molecular flexibility index (Phi) is 3.47. The third-order valence-corrected chi connectivity index (χ3v) is 2.62. The van der Waals surface area contributed by atoms with E-state index in [2.05, 4.69) is 10.4 Å². The van der Waals surface area contributed by atoms with Gasteiger partial charge >= 0.3 is 0 Å². The molecule has 1 heterocycles. The normalized spacial score (nSPS) is 10.3. The van der Waals surface area contributed by atoms with E-state index in [1.54, 1.807) is 16.8 Å². The van der Waals surface area contributed by atoms with Crippen molar-refractivity contribution < 1.29 is 4.92 Å². The average molecular weight is 267 g/mol. The van der Waals surface area contributed by atoms with Gasteiger partial charge in [-0.2, -0.15) is 5.10 Å². The number of aromatic nitrogens is 2. The molecule has 0 atom stereocenters. The molecule has 2 rings (SSSR count). The van der Waals surface area contributed by atoms with Crippen LogP contribution in [0.2, 0.25) is 5.02 Å². The molecule has 0 saturated heterocycles. The summed E-state index contributed by atoms with van der Waals surface area (Å²) in [6, 6.07) is 6.36. The molecule has 0 aliphatic heterocycles. The van der Waals surface area contributed by atoms with Crippen LogP contribution in [0.4, 0.5) is 11.4 Å². The molecule has 7 heteroatoms. The Morgan fingerprint density at radius 3 is 2.89 bits per heavy atom. The lowest BCUT2D eigenvalue weighted by atomic mass is 10.2. The Bertz CT molecular complexity index is 582. The minimum absolute atomic E-state index is 0.0431. The van der Waals surface area contributed by atoms with Gasteiger partial charge in [-0.1, -0.05) is 11.6 Å². The van der Waals surface area contributed by atoms with Crippen LogP contribution in [0, 0.1) is 10.1 Å². The molecule has 0 unspecified atom stereocenters.